The van der Waals surface area contributed by atoms with Crippen LogP contribution in [0.2, 0.25) is 0 Å². The molecule has 9 heteroatoms. The van der Waals surface area contributed by atoms with Crippen molar-refractivity contribution in [1.82, 2.24) is 20.5 Å². The van der Waals surface area contributed by atoms with Gasteiger partial charge in [0.05, 0.1) is 0 Å². The first-order valence-corrected chi connectivity index (χ1v) is 12.8. The van der Waals surface area contributed by atoms with Crippen LogP contribution < -0.4 is 15.5 Å². The van der Waals surface area contributed by atoms with E-state index in [-0.39, 0.29) is 24.0 Å². The van der Waals surface area contributed by atoms with Gasteiger partial charge in [-0.1, -0.05) is 26.3 Å². The van der Waals surface area contributed by atoms with Gasteiger partial charge >= 0.3 is 0 Å². The van der Waals surface area contributed by atoms with Crippen molar-refractivity contribution in [3.05, 3.63) is 23.9 Å². The molecule has 2 heterocycles. The Morgan fingerprint density at radius 3 is 2.61 bits per heavy atom. The van der Waals surface area contributed by atoms with Gasteiger partial charge in [0.2, 0.25) is 0 Å². The number of nitrogens with zero attached hydrogens (tertiary/aromatic N) is 4. The van der Waals surface area contributed by atoms with Crippen LogP contribution in [-0.4, -0.2) is 76.9 Å². The number of halogens is 1. The van der Waals surface area contributed by atoms with Crippen LogP contribution in [0.5, 0.6) is 0 Å². The second kappa shape index (κ2) is 13.6. The molecule has 7 nitrogen and oxygen atoms in total. The summed E-state index contributed by atoms with van der Waals surface area (Å²) in [5.41, 5.74) is 1.14. The molecule has 1 aliphatic heterocycles. The summed E-state index contributed by atoms with van der Waals surface area (Å²) in [5, 5.41) is 7.25. The third kappa shape index (κ3) is 7.85. The number of aliphatic imine (C=N–C) groups is 1. The number of guanidine groups is 1. The van der Waals surface area contributed by atoms with Gasteiger partial charge in [-0.05, 0) is 37.4 Å². The van der Waals surface area contributed by atoms with Crippen molar-refractivity contribution in [2.45, 2.75) is 57.4 Å². The number of aromatic nitrogens is 1. The summed E-state index contributed by atoms with van der Waals surface area (Å²) in [4.78, 5) is 13.9. The van der Waals surface area contributed by atoms with Gasteiger partial charge in [-0.15, -0.1) is 24.0 Å². The largest absolute Gasteiger partial charge is 0.354 e. The van der Waals surface area contributed by atoms with Crippen molar-refractivity contribution in [2.75, 3.05) is 50.4 Å². The molecule has 2 fully saturated rings. The smallest absolute Gasteiger partial charge is 0.191 e. The maximum Gasteiger partial charge on any atom is 0.191 e. The molecule has 1 aromatic heterocycles. The number of likely N-dealkylation sites (N-methyl/N-ethyl adjacent to an activating group) is 1. The van der Waals surface area contributed by atoms with Crippen LogP contribution in [0, 0.1) is 0 Å². The summed E-state index contributed by atoms with van der Waals surface area (Å²) in [5.74, 6) is 2.62. The van der Waals surface area contributed by atoms with E-state index in [1.807, 2.05) is 13.1 Å². The Balaban J connectivity index is 0.00000341. The van der Waals surface area contributed by atoms with Crippen molar-refractivity contribution in [3.8, 4) is 0 Å². The van der Waals surface area contributed by atoms with Crippen LogP contribution in [0.1, 0.15) is 45.1 Å². The van der Waals surface area contributed by atoms with Crippen LogP contribution in [0.25, 0.3) is 0 Å². The van der Waals surface area contributed by atoms with E-state index in [1.165, 1.54) is 0 Å². The standard InChI is InChI=1S/C22H38N6OS.HI/c1-4-27-11-13-28(14-12-27)21-10-9-18(16-24-21)17-25-22(23-3)26-19-7-6-8-20(15-19)30(29)5-2;/h9-10,16,19-20H,4-8,11-15,17H2,1-3H3,(H2,23,25,26);1H. The van der Waals surface area contributed by atoms with Crippen molar-refractivity contribution >= 4 is 46.6 Å². The molecule has 0 aromatic carbocycles. The van der Waals surface area contributed by atoms with Crippen LogP contribution in [0.4, 0.5) is 5.82 Å². The van der Waals surface area contributed by atoms with Crippen LogP contribution in [0.15, 0.2) is 23.3 Å². The zero-order chi connectivity index (χ0) is 21.3. The fraction of sp³-hybridized carbons (Fsp3) is 0.727. The Morgan fingerprint density at radius 2 is 2.00 bits per heavy atom. The van der Waals surface area contributed by atoms with E-state index in [1.54, 1.807) is 7.05 Å². The van der Waals surface area contributed by atoms with Crippen molar-refractivity contribution < 1.29 is 4.21 Å². The van der Waals surface area contributed by atoms with Gasteiger partial charge < -0.3 is 20.4 Å². The summed E-state index contributed by atoms with van der Waals surface area (Å²) in [6, 6.07) is 4.61. The molecule has 0 spiro atoms. The highest BCUT2D eigenvalue weighted by molar-refractivity contribution is 14.0. The molecule has 2 N–H and O–H groups in total. The minimum atomic E-state index is -0.707. The van der Waals surface area contributed by atoms with Gasteiger partial charge in [0.25, 0.3) is 0 Å². The quantitative estimate of drug-likeness (QED) is 0.303. The van der Waals surface area contributed by atoms with E-state index in [0.717, 1.165) is 81.5 Å². The van der Waals surface area contributed by atoms with Crippen LogP contribution in [0.3, 0.4) is 0 Å². The fourth-order valence-corrected chi connectivity index (χ4v) is 5.67. The monoisotopic (exact) mass is 562 g/mol. The van der Waals surface area contributed by atoms with Crippen molar-refractivity contribution in [3.63, 3.8) is 0 Å². The molecule has 3 rings (SSSR count). The number of pyridine rings is 1. The van der Waals surface area contributed by atoms with Gasteiger partial charge in [-0.3, -0.25) is 9.20 Å². The first kappa shape index (κ1) is 26.3. The molecular formula is C22H39IN6OS. The van der Waals surface area contributed by atoms with E-state index in [4.69, 9.17) is 0 Å². The van der Waals surface area contributed by atoms with Crippen molar-refractivity contribution in [2.24, 2.45) is 4.99 Å². The minimum absolute atomic E-state index is 0. The van der Waals surface area contributed by atoms with Crippen LogP contribution in [-0.2, 0) is 17.3 Å². The molecule has 1 aromatic rings. The Kier molecular flexibility index (Phi) is 11.5. The molecule has 0 amide bonds. The average molecular weight is 563 g/mol. The molecule has 1 saturated heterocycles. The first-order valence-electron chi connectivity index (χ1n) is 11.4. The van der Waals surface area contributed by atoms with E-state index in [2.05, 4.69) is 49.5 Å². The van der Waals surface area contributed by atoms with Gasteiger partial charge in [0.15, 0.2) is 5.96 Å². The minimum Gasteiger partial charge on any atom is -0.354 e. The number of rotatable bonds is 7. The molecule has 176 valence electrons. The topological polar surface area (TPSA) is 72.9 Å². The molecule has 0 bridgehead atoms. The maximum absolute atomic E-state index is 12.2. The van der Waals surface area contributed by atoms with Gasteiger partial charge in [-0.2, -0.15) is 0 Å². The summed E-state index contributed by atoms with van der Waals surface area (Å²) in [7, 11) is 1.10. The lowest BCUT2D eigenvalue weighted by Gasteiger charge is -2.34. The molecule has 1 aliphatic carbocycles. The highest BCUT2D eigenvalue weighted by Gasteiger charge is 2.26. The molecule has 3 atom stereocenters. The van der Waals surface area contributed by atoms with E-state index < -0.39 is 10.8 Å². The van der Waals surface area contributed by atoms with Gasteiger partial charge in [0.1, 0.15) is 5.82 Å². The lowest BCUT2D eigenvalue weighted by Crippen LogP contribution is -2.46. The molecular weight excluding hydrogens is 523 g/mol. The SMILES string of the molecule is CCN1CCN(c2ccc(CNC(=NC)NC3CCCC(S(=O)CC)C3)cn2)CC1.I. The summed E-state index contributed by atoms with van der Waals surface area (Å²) in [6.07, 6.45) is 6.24. The van der Waals surface area contributed by atoms with Gasteiger partial charge in [-0.25, -0.2) is 4.98 Å². The lowest BCUT2D eigenvalue weighted by molar-refractivity contribution is 0.270. The van der Waals surface area contributed by atoms with Gasteiger partial charge in [0, 0.05) is 73.8 Å². The number of hydrogen-bond acceptors (Lipinski definition) is 5. The molecule has 0 radical (unpaired) electrons. The van der Waals surface area contributed by atoms with E-state index in [9.17, 15) is 4.21 Å². The number of piperazine rings is 1. The highest BCUT2D eigenvalue weighted by Crippen LogP contribution is 2.23. The summed E-state index contributed by atoms with van der Waals surface area (Å²) < 4.78 is 12.2. The highest BCUT2D eigenvalue weighted by atomic mass is 127. The molecule has 1 saturated carbocycles. The third-order valence-corrected chi connectivity index (χ3v) is 8.00. The lowest BCUT2D eigenvalue weighted by atomic mass is 9.95. The maximum atomic E-state index is 12.2. The number of nitrogens with one attached hydrogen (secondary N) is 2. The Morgan fingerprint density at radius 1 is 1.23 bits per heavy atom. The molecule has 3 unspecified atom stereocenters. The van der Waals surface area contributed by atoms with Crippen molar-refractivity contribution in [1.29, 1.82) is 0 Å². The third-order valence-electron chi connectivity index (χ3n) is 6.26. The van der Waals surface area contributed by atoms with E-state index >= 15 is 0 Å². The number of anilines is 1. The normalized spacial score (nSPS) is 23.7. The van der Waals surface area contributed by atoms with E-state index in [0.29, 0.717) is 17.8 Å². The predicted molar refractivity (Wildman–Crippen MR) is 142 cm³/mol. The first-order chi connectivity index (χ1) is 14.6. The Bertz CT molecular complexity index is 708. The number of hydrogen-bond donors (Lipinski definition) is 2. The Hall–Kier alpha value is -0.940. The molecule has 31 heavy (non-hydrogen) atoms. The molecule has 2 aliphatic rings. The zero-order valence-electron chi connectivity index (χ0n) is 19.2. The second-order valence-corrected chi connectivity index (χ2v) is 10.2. The second-order valence-electron chi connectivity index (χ2n) is 8.17. The summed E-state index contributed by atoms with van der Waals surface area (Å²) >= 11 is 0. The average Bonchev–Trinajstić information content (AvgIpc) is 2.81. The fourth-order valence-electron chi connectivity index (χ4n) is 4.33. The van der Waals surface area contributed by atoms with Crippen LogP contribution >= 0.6 is 24.0 Å². The zero-order valence-corrected chi connectivity index (χ0v) is 22.3. The summed E-state index contributed by atoms with van der Waals surface area (Å²) in [6.45, 7) is 10.3. The Labute approximate surface area is 207 Å². The predicted octanol–water partition coefficient (Wildman–Crippen LogP) is 2.59.